The second kappa shape index (κ2) is 15.7. The zero-order chi connectivity index (χ0) is 41.5. The van der Waals surface area contributed by atoms with Crippen LogP contribution in [-0.2, 0) is 5.41 Å². The smallest absolute Gasteiger partial charge is 0.187 e. The lowest BCUT2D eigenvalue weighted by Gasteiger charge is -2.36. The third kappa shape index (κ3) is 6.79. The zero-order valence-electron chi connectivity index (χ0n) is 34.3. The molecule has 4 heteroatoms. The molecule has 1 heterocycles. The Morgan fingerprint density at radius 2 is 0.774 bits per heavy atom. The summed E-state index contributed by atoms with van der Waals surface area (Å²) in [6.07, 6.45) is 6.13. The van der Waals surface area contributed by atoms with Crippen LogP contribution in [0.15, 0.2) is 194 Å². The highest BCUT2D eigenvalue weighted by molar-refractivity contribution is 5.86. The molecule has 0 aliphatic heterocycles. The van der Waals surface area contributed by atoms with Crippen LogP contribution in [0.25, 0.3) is 94.6 Å². The Kier molecular flexibility index (Phi) is 9.44. The van der Waals surface area contributed by atoms with Gasteiger partial charge in [0.25, 0.3) is 0 Å². The minimum atomic E-state index is 0.0515. The van der Waals surface area contributed by atoms with Crippen LogP contribution >= 0.6 is 0 Å². The Morgan fingerprint density at radius 1 is 0.339 bits per heavy atom. The van der Waals surface area contributed by atoms with E-state index in [1.807, 2.05) is 42.5 Å². The van der Waals surface area contributed by atoms with Gasteiger partial charge in [0.1, 0.15) is 0 Å². The highest BCUT2D eigenvalue weighted by Crippen LogP contribution is 2.57. The quantitative estimate of drug-likeness (QED) is 0.151. The Labute approximate surface area is 363 Å². The Bertz CT molecular complexity index is 3120. The lowest BCUT2D eigenvalue weighted by atomic mass is 9.67. The summed E-state index contributed by atoms with van der Waals surface area (Å²) >= 11 is 0. The van der Waals surface area contributed by atoms with Gasteiger partial charge in [-0.3, -0.25) is 0 Å². The minimum Gasteiger partial charge on any atom is -0.238 e. The summed E-state index contributed by atoms with van der Waals surface area (Å²) in [4.78, 5) is 18.8. The number of aromatic nitrogens is 3. The first-order valence-corrected chi connectivity index (χ1v) is 21.6. The second-order valence-corrected chi connectivity index (χ2v) is 16.6. The summed E-state index contributed by atoms with van der Waals surface area (Å²) in [5.41, 5.74) is 18.4. The summed E-state index contributed by atoms with van der Waals surface area (Å²) in [5.74, 6) is 1.92. The fraction of sp³-hybridized carbons (Fsp3) is 0.103. The maximum Gasteiger partial charge on any atom is 0.187 e. The van der Waals surface area contributed by atoms with Crippen LogP contribution in [0.3, 0.4) is 0 Å². The molecule has 1 fully saturated rings. The highest BCUT2D eigenvalue weighted by Gasteiger charge is 2.43. The third-order valence-electron chi connectivity index (χ3n) is 13.0. The van der Waals surface area contributed by atoms with E-state index in [2.05, 4.69) is 157 Å². The Morgan fingerprint density at radius 3 is 1.35 bits per heavy atom. The van der Waals surface area contributed by atoms with E-state index in [-0.39, 0.29) is 5.41 Å². The van der Waals surface area contributed by atoms with Crippen molar-refractivity contribution in [3.8, 4) is 89.8 Å². The van der Waals surface area contributed by atoms with E-state index in [9.17, 15) is 0 Å². The zero-order valence-corrected chi connectivity index (χ0v) is 34.3. The molecule has 62 heavy (non-hydrogen) atoms. The van der Waals surface area contributed by atoms with Gasteiger partial charge in [0.2, 0.25) is 0 Å². The molecule has 0 bridgehead atoms. The first kappa shape index (κ1) is 37.3. The molecule has 0 unspecified atom stereocenters. The number of fused-ring (bicyclic) bond motifs is 5. The van der Waals surface area contributed by atoms with Gasteiger partial charge >= 0.3 is 0 Å². The highest BCUT2D eigenvalue weighted by atomic mass is 15.0. The van der Waals surface area contributed by atoms with Gasteiger partial charge < -0.3 is 0 Å². The van der Waals surface area contributed by atoms with E-state index in [0.717, 1.165) is 39.1 Å². The van der Waals surface area contributed by atoms with Crippen molar-refractivity contribution in [1.82, 2.24) is 15.0 Å². The second-order valence-electron chi connectivity index (χ2n) is 16.6. The molecule has 2 aliphatic rings. The average Bonchev–Trinajstić information content (AvgIpc) is 3.61. The molecule has 1 aromatic heterocycles. The van der Waals surface area contributed by atoms with E-state index in [4.69, 9.17) is 21.5 Å². The first-order chi connectivity index (χ1) is 30.6. The van der Waals surface area contributed by atoms with Crippen molar-refractivity contribution in [3.63, 3.8) is 0 Å². The number of nitrogens with zero attached hydrogens (tertiary/aromatic N) is 4. The molecule has 0 amide bonds. The van der Waals surface area contributed by atoms with Gasteiger partial charge in [-0.2, -0.15) is 0 Å². The lowest BCUT2D eigenvalue weighted by molar-refractivity contribution is 0.353. The molecule has 8 aromatic carbocycles. The molecule has 9 aromatic rings. The van der Waals surface area contributed by atoms with E-state index in [1.54, 1.807) is 0 Å². The van der Waals surface area contributed by atoms with Crippen molar-refractivity contribution in [3.05, 3.63) is 217 Å². The van der Waals surface area contributed by atoms with Crippen LogP contribution in [-0.4, -0.2) is 15.0 Å². The van der Waals surface area contributed by atoms with Crippen LogP contribution in [0, 0.1) is 6.57 Å². The third-order valence-corrected chi connectivity index (χ3v) is 13.0. The molecule has 1 saturated carbocycles. The van der Waals surface area contributed by atoms with Crippen molar-refractivity contribution < 1.29 is 0 Å². The van der Waals surface area contributed by atoms with Crippen molar-refractivity contribution in [1.29, 1.82) is 0 Å². The summed E-state index contributed by atoms with van der Waals surface area (Å²) < 4.78 is 0. The van der Waals surface area contributed by atoms with E-state index >= 15 is 0 Å². The summed E-state index contributed by atoms with van der Waals surface area (Å²) in [6, 6.07) is 68.6. The standard InChI is InChI=1S/C58H42N4/c1-59-50-31-33-53-52(38-50)51-32-30-48(37-54(51)58(53)34-9-4-10-35-58)44-24-20-42(21-25-44)41-18-22-43(23-19-41)47-16-11-17-49(36-47)57-61-55(45-14-7-3-8-15-45)60-56(62-57)46-28-26-40(27-29-46)39-12-5-2-6-13-39/h2-3,5-8,11-33,36-38H,4,9-10,34-35H2. The molecule has 0 atom stereocenters. The molecule has 0 saturated heterocycles. The molecule has 0 radical (unpaired) electrons. The van der Waals surface area contributed by atoms with Gasteiger partial charge in [-0.25, -0.2) is 19.8 Å². The summed E-state index contributed by atoms with van der Waals surface area (Å²) in [6.45, 7) is 7.64. The van der Waals surface area contributed by atoms with Crippen LogP contribution in [0.4, 0.5) is 5.69 Å². The molecule has 1 spiro atoms. The van der Waals surface area contributed by atoms with Crippen LogP contribution < -0.4 is 0 Å². The van der Waals surface area contributed by atoms with Crippen molar-refractivity contribution in [2.75, 3.05) is 0 Å². The molecular weight excluding hydrogens is 753 g/mol. The van der Waals surface area contributed by atoms with Crippen molar-refractivity contribution in [2.45, 2.75) is 37.5 Å². The van der Waals surface area contributed by atoms with E-state index < -0.39 is 0 Å². The summed E-state index contributed by atoms with van der Waals surface area (Å²) in [7, 11) is 0. The maximum absolute atomic E-state index is 7.64. The average molecular weight is 795 g/mol. The largest absolute Gasteiger partial charge is 0.238 e. The molecule has 0 N–H and O–H groups in total. The predicted molar refractivity (Wildman–Crippen MR) is 253 cm³/mol. The predicted octanol–water partition coefficient (Wildman–Crippen LogP) is 15.3. The van der Waals surface area contributed by atoms with Crippen LogP contribution in [0.5, 0.6) is 0 Å². The van der Waals surface area contributed by atoms with E-state index in [1.165, 1.54) is 82.2 Å². The topological polar surface area (TPSA) is 43.0 Å². The number of hydrogen-bond donors (Lipinski definition) is 0. The SMILES string of the molecule is [C-]#[N+]c1ccc2c(c1)-c1ccc(-c3ccc(-c4ccc(-c5cccc(-c6nc(-c7ccccc7)nc(-c7ccc(-c8ccccc8)cc7)n6)c5)cc4)cc3)cc1C21CCCCC1. The van der Waals surface area contributed by atoms with Gasteiger partial charge in [0.15, 0.2) is 23.2 Å². The molecule has 2 aliphatic carbocycles. The molecule has 11 rings (SSSR count). The Balaban J connectivity index is 0.864. The monoisotopic (exact) mass is 794 g/mol. The van der Waals surface area contributed by atoms with Crippen LogP contribution in [0.1, 0.15) is 43.2 Å². The van der Waals surface area contributed by atoms with Crippen molar-refractivity contribution >= 4 is 5.69 Å². The molecular formula is C58H42N4. The van der Waals surface area contributed by atoms with E-state index in [0.29, 0.717) is 17.5 Å². The first-order valence-electron chi connectivity index (χ1n) is 21.6. The fourth-order valence-corrected chi connectivity index (χ4v) is 9.78. The fourth-order valence-electron chi connectivity index (χ4n) is 9.78. The van der Waals surface area contributed by atoms with Crippen molar-refractivity contribution in [2.24, 2.45) is 0 Å². The minimum absolute atomic E-state index is 0.0515. The molecule has 294 valence electrons. The van der Waals surface area contributed by atoms with Gasteiger partial charge in [0.05, 0.1) is 6.57 Å². The van der Waals surface area contributed by atoms with Gasteiger partial charge in [0, 0.05) is 22.1 Å². The number of hydrogen-bond acceptors (Lipinski definition) is 3. The number of rotatable bonds is 7. The lowest BCUT2D eigenvalue weighted by Crippen LogP contribution is -2.28. The normalized spacial score (nSPS) is 13.6. The maximum atomic E-state index is 7.64. The van der Waals surface area contributed by atoms with Gasteiger partial charge in [-0.1, -0.05) is 195 Å². The number of benzene rings is 8. The molecule has 4 nitrogen and oxygen atoms in total. The summed E-state index contributed by atoms with van der Waals surface area (Å²) in [5, 5.41) is 0. The van der Waals surface area contributed by atoms with Gasteiger partial charge in [-0.05, 0) is 97.8 Å². The Hall–Kier alpha value is -7.74. The van der Waals surface area contributed by atoms with Gasteiger partial charge in [-0.15, -0.1) is 0 Å². The van der Waals surface area contributed by atoms with Crippen LogP contribution in [0.2, 0.25) is 0 Å².